The van der Waals surface area contributed by atoms with Gasteiger partial charge in [-0.3, -0.25) is 18.5 Å². The van der Waals surface area contributed by atoms with E-state index in [1.165, 1.54) is 28.8 Å². The molecule has 0 unspecified atom stereocenters. The summed E-state index contributed by atoms with van der Waals surface area (Å²) >= 11 is 0.871. The second-order valence-electron chi connectivity index (χ2n) is 7.01. The molecule has 0 atom stereocenters. The molecule has 0 radical (unpaired) electrons. The molecule has 0 saturated carbocycles. The molecule has 0 spiro atoms. The van der Waals surface area contributed by atoms with Crippen LogP contribution in [-0.2, 0) is 0 Å². The van der Waals surface area contributed by atoms with Gasteiger partial charge < -0.3 is 10.2 Å². The Kier molecular flexibility index (Phi) is 4.40. The summed E-state index contributed by atoms with van der Waals surface area (Å²) in [4.78, 5) is 27.0. The highest BCUT2D eigenvalue weighted by atomic mass is 32.1. The molecule has 1 aliphatic rings. The molecule has 5 rings (SSSR count). The third kappa shape index (κ3) is 2.75. The summed E-state index contributed by atoms with van der Waals surface area (Å²) in [6.07, 6.45) is 0. The molecule has 3 heterocycles. The number of nitrogens with zero attached hydrogens (tertiary/aromatic N) is 2. The van der Waals surface area contributed by atoms with Crippen molar-refractivity contribution in [3.63, 3.8) is 0 Å². The van der Waals surface area contributed by atoms with Crippen LogP contribution in [0.5, 0.6) is 0 Å². The molecule has 154 valence electrons. The molecular weight excluding hydrogens is 417 g/mol. The molecular formula is C20H15F3N4O2S. The topological polar surface area (TPSA) is 70.1 Å². The molecule has 0 bridgehead atoms. The maximum atomic E-state index is 15.8. The van der Waals surface area contributed by atoms with E-state index in [4.69, 9.17) is 0 Å². The normalized spacial score (nSPS) is 14.7. The number of hydrogen-bond acceptors (Lipinski definition) is 5. The molecule has 4 aromatic rings. The van der Waals surface area contributed by atoms with Crippen LogP contribution in [0.2, 0.25) is 0 Å². The quantitative estimate of drug-likeness (QED) is 0.511. The lowest BCUT2D eigenvalue weighted by molar-refractivity contribution is 0.541. The van der Waals surface area contributed by atoms with E-state index in [1.54, 1.807) is 4.90 Å². The molecule has 1 saturated heterocycles. The van der Waals surface area contributed by atoms with Crippen molar-refractivity contribution in [1.82, 2.24) is 14.3 Å². The van der Waals surface area contributed by atoms with E-state index in [0.717, 1.165) is 17.6 Å². The van der Waals surface area contributed by atoms with Gasteiger partial charge >= 0.3 is 0 Å². The van der Waals surface area contributed by atoms with Gasteiger partial charge in [-0.1, -0.05) is 0 Å². The lowest BCUT2D eigenvalue weighted by Gasteiger charge is -2.30. The second kappa shape index (κ2) is 6.99. The van der Waals surface area contributed by atoms with Gasteiger partial charge in [-0.05, 0) is 41.9 Å². The average molecular weight is 432 g/mol. The van der Waals surface area contributed by atoms with Gasteiger partial charge in [0.25, 0.3) is 5.56 Å². The smallest absolute Gasteiger partial charge is 0.271 e. The lowest BCUT2D eigenvalue weighted by Crippen LogP contribution is -2.44. The van der Waals surface area contributed by atoms with Crippen LogP contribution in [0.4, 0.5) is 18.9 Å². The Morgan fingerprint density at radius 1 is 1.00 bits per heavy atom. The highest BCUT2D eigenvalue weighted by Gasteiger charge is 2.27. The molecule has 1 fully saturated rings. The number of benzene rings is 2. The Bertz CT molecular complexity index is 1400. The van der Waals surface area contributed by atoms with Crippen molar-refractivity contribution in [2.24, 2.45) is 0 Å². The van der Waals surface area contributed by atoms with Crippen molar-refractivity contribution >= 4 is 38.3 Å². The van der Waals surface area contributed by atoms with Gasteiger partial charge in [0.2, 0.25) is 5.43 Å². The number of piperazine rings is 1. The minimum Gasteiger partial charge on any atom is -0.364 e. The Balaban J connectivity index is 1.95. The van der Waals surface area contributed by atoms with E-state index in [1.807, 2.05) is 0 Å². The summed E-state index contributed by atoms with van der Waals surface area (Å²) < 4.78 is 48.2. The van der Waals surface area contributed by atoms with Crippen molar-refractivity contribution in [3.05, 3.63) is 68.4 Å². The molecule has 0 aliphatic carbocycles. The number of halogens is 3. The van der Waals surface area contributed by atoms with Crippen LogP contribution in [0, 0.1) is 17.5 Å². The first kappa shape index (κ1) is 18.9. The molecule has 2 N–H and O–H groups in total. The number of fused-ring (bicyclic) bond motifs is 2. The number of aromatic nitrogens is 2. The van der Waals surface area contributed by atoms with Crippen molar-refractivity contribution in [2.75, 3.05) is 31.1 Å². The van der Waals surface area contributed by atoms with Gasteiger partial charge in [-0.2, -0.15) is 0 Å². The third-order valence-electron chi connectivity index (χ3n) is 5.27. The molecule has 1 aliphatic heterocycles. The summed E-state index contributed by atoms with van der Waals surface area (Å²) in [5.74, 6) is -2.25. The van der Waals surface area contributed by atoms with Crippen molar-refractivity contribution in [3.8, 4) is 5.69 Å². The summed E-state index contributed by atoms with van der Waals surface area (Å²) in [7, 11) is 0. The fourth-order valence-electron chi connectivity index (χ4n) is 3.89. The summed E-state index contributed by atoms with van der Waals surface area (Å²) in [5, 5.41) is 2.69. The summed E-state index contributed by atoms with van der Waals surface area (Å²) in [5.41, 5.74) is -1.40. The molecule has 2 aromatic carbocycles. The monoisotopic (exact) mass is 432 g/mol. The summed E-state index contributed by atoms with van der Waals surface area (Å²) in [6, 6.07) is 6.19. The van der Waals surface area contributed by atoms with Gasteiger partial charge in [0.1, 0.15) is 27.5 Å². The number of pyridine rings is 1. The van der Waals surface area contributed by atoms with Gasteiger partial charge in [0.05, 0.1) is 10.9 Å². The maximum absolute atomic E-state index is 15.8. The second-order valence-corrected chi connectivity index (χ2v) is 7.80. The van der Waals surface area contributed by atoms with E-state index >= 15 is 4.39 Å². The zero-order chi connectivity index (χ0) is 21.0. The predicted molar refractivity (Wildman–Crippen MR) is 111 cm³/mol. The SMILES string of the molecule is O=c1[nH]sc2c1c(=O)c1cc(F)c(N3CCNCC3)c(F)c1n2-c1ccc(F)cc1. The Labute approximate surface area is 171 Å². The first-order valence-corrected chi connectivity index (χ1v) is 10.1. The largest absolute Gasteiger partial charge is 0.364 e. The number of rotatable bonds is 2. The van der Waals surface area contributed by atoms with Gasteiger partial charge in [0.15, 0.2) is 5.82 Å². The van der Waals surface area contributed by atoms with Crippen LogP contribution in [-0.4, -0.2) is 35.1 Å². The lowest BCUT2D eigenvalue weighted by atomic mass is 10.1. The molecule has 2 aromatic heterocycles. The standard InChI is InChI=1S/C20H15F3N4O2S/c21-10-1-3-11(4-2-10)27-16-12(18(28)14-19(29)25-30-20(14)27)9-13(22)17(15(16)23)26-7-5-24-6-8-26/h1-4,9,24H,5-8H2,(H,25,29). The number of H-pyrrole nitrogens is 1. The fourth-order valence-corrected chi connectivity index (χ4v) is 4.76. The average Bonchev–Trinajstić information content (AvgIpc) is 3.12. The minimum absolute atomic E-state index is 0.149. The van der Waals surface area contributed by atoms with Crippen LogP contribution in [0.15, 0.2) is 39.9 Å². The van der Waals surface area contributed by atoms with E-state index in [0.29, 0.717) is 31.9 Å². The summed E-state index contributed by atoms with van der Waals surface area (Å²) in [6.45, 7) is 1.94. The van der Waals surface area contributed by atoms with Crippen LogP contribution in [0.3, 0.4) is 0 Å². The number of anilines is 1. The minimum atomic E-state index is -0.893. The highest BCUT2D eigenvalue weighted by molar-refractivity contribution is 7.12. The highest BCUT2D eigenvalue weighted by Crippen LogP contribution is 2.33. The van der Waals surface area contributed by atoms with Gasteiger partial charge in [-0.25, -0.2) is 13.2 Å². The van der Waals surface area contributed by atoms with E-state index in [9.17, 15) is 18.4 Å². The van der Waals surface area contributed by atoms with Crippen molar-refractivity contribution < 1.29 is 13.2 Å². The first-order valence-electron chi connectivity index (χ1n) is 9.27. The number of nitrogens with one attached hydrogen (secondary N) is 2. The van der Waals surface area contributed by atoms with Crippen LogP contribution in [0.25, 0.3) is 26.8 Å². The predicted octanol–water partition coefficient (Wildman–Crippen LogP) is 2.72. The Morgan fingerprint density at radius 2 is 1.70 bits per heavy atom. The van der Waals surface area contributed by atoms with Gasteiger partial charge in [-0.15, -0.1) is 0 Å². The number of aromatic amines is 1. The van der Waals surface area contributed by atoms with Crippen LogP contribution in [0.1, 0.15) is 0 Å². The molecule has 30 heavy (non-hydrogen) atoms. The molecule has 6 nitrogen and oxygen atoms in total. The molecule has 10 heteroatoms. The zero-order valence-electron chi connectivity index (χ0n) is 15.5. The fraction of sp³-hybridized carbons (Fsp3) is 0.200. The first-order chi connectivity index (χ1) is 14.5. The maximum Gasteiger partial charge on any atom is 0.271 e. The number of hydrogen-bond donors (Lipinski definition) is 2. The van der Waals surface area contributed by atoms with E-state index in [2.05, 4.69) is 9.69 Å². The van der Waals surface area contributed by atoms with Crippen LogP contribution >= 0.6 is 11.5 Å². The Morgan fingerprint density at radius 3 is 2.40 bits per heavy atom. The third-order valence-corrected chi connectivity index (χ3v) is 6.13. The van der Waals surface area contributed by atoms with Crippen molar-refractivity contribution in [2.45, 2.75) is 0 Å². The van der Waals surface area contributed by atoms with Crippen LogP contribution < -0.4 is 21.2 Å². The van der Waals surface area contributed by atoms with E-state index in [-0.39, 0.29) is 26.8 Å². The van der Waals surface area contributed by atoms with Crippen molar-refractivity contribution in [1.29, 1.82) is 0 Å². The van der Waals surface area contributed by atoms with Gasteiger partial charge in [0, 0.05) is 31.9 Å². The zero-order valence-corrected chi connectivity index (χ0v) is 16.3. The Hall–Kier alpha value is -3.11. The molecule has 0 amide bonds. The van der Waals surface area contributed by atoms with E-state index < -0.39 is 28.4 Å².